The van der Waals surface area contributed by atoms with E-state index in [-0.39, 0.29) is 23.4 Å². The maximum absolute atomic E-state index is 13.0. The molecule has 134 valence electrons. The van der Waals surface area contributed by atoms with Crippen molar-refractivity contribution in [2.75, 3.05) is 32.8 Å². The molecule has 1 aliphatic rings. The lowest BCUT2D eigenvalue weighted by Gasteiger charge is -2.34. The third kappa shape index (κ3) is 5.56. The van der Waals surface area contributed by atoms with Crippen molar-refractivity contribution in [2.45, 2.75) is 6.92 Å². The van der Waals surface area contributed by atoms with E-state index in [1.807, 2.05) is 0 Å². The van der Waals surface area contributed by atoms with E-state index in [4.69, 9.17) is 16.3 Å². The zero-order valence-electron chi connectivity index (χ0n) is 13.7. The average molecular weight is 369 g/mol. The summed E-state index contributed by atoms with van der Waals surface area (Å²) >= 11 is 5.65. The minimum absolute atomic E-state index is 0.0236. The van der Waals surface area contributed by atoms with Crippen LogP contribution in [0.3, 0.4) is 0 Å². The Bertz CT molecular complexity index is 700. The summed E-state index contributed by atoms with van der Waals surface area (Å²) in [4.78, 5) is 38.1. The quantitative estimate of drug-likeness (QED) is 0.599. The first-order chi connectivity index (χ1) is 11.9. The Kier molecular flexibility index (Phi) is 6.52. The fraction of sp³-hybridized carbons (Fsp3) is 0.353. The number of amides is 2. The number of carbonyl (C=O) groups is 3. The molecule has 0 aromatic heterocycles. The molecule has 1 saturated heterocycles. The van der Waals surface area contributed by atoms with Crippen molar-refractivity contribution in [3.8, 4) is 0 Å². The minimum atomic E-state index is -0.684. The van der Waals surface area contributed by atoms with Crippen LogP contribution in [0.4, 0.5) is 4.39 Å². The molecule has 0 radical (unpaired) electrons. The van der Waals surface area contributed by atoms with Crippen molar-refractivity contribution < 1.29 is 23.5 Å². The standard InChI is InChI=1S/C17H18ClFN2O4/c1-12(22)20-6-8-21(9-7-20)16(23)11-25-17(24)5-3-13-2-4-15(19)14(18)10-13/h2-5,10H,6-9,11H2,1H3/b5-3+. The van der Waals surface area contributed by atoms with Crippen molar-refractivity contribution >= 4 is 35.5 Å². The van der Waals surface area contributed by atoms with Crippen LogP contribution in [0.25, 0.3) is 6.08 Å². The molecule has 2 rings (SSSR count). The highest BCUT2D eigenvalue weighted by Crippen LogP contribution is 2.16. The second kappa shape index (κ2) is 8.62. The number of hydrogen-bond donors (Lipinski definition) is 0. The Labute approximate surface area is 149 Å². The number of ether oxygens (including phenoxy) is 1. The zero-order chi connectivity index (χ0) is 18.4. The number of carbonyl (C=O) groups excluding carboxylic acids is 3. The van der Waals surface area contributed by atoms with Gasteiger partial charge in [0.05, 0.1) is 5.02 Å². The molecular weight excluding hydrogens is 351 g/mol. The summed E-state index contributed by atoms with van der Waals surface area (Å²) in [6, 6.07) is 4.03. The van der Waals surface area contributed by atoms with Crippen LogP contribution >= 0.6 is 11.6 Å². The lowest BCUT2D eigenvalue weighted by molar-refractivity contribution is -0.149. The number of esters is 1. The van der Waals surface area contributed by atoms with Crippen molar-refractivity contribution in [1.82, 2.24) is 9.80 Å². The SMILES string of the molecule is CC(=O)N1CCN(C(=O)COC(=O)/C=C/c2ccc(F)c(Cl)c2)CC1. The highest BCUT2D eigenvalue weighted by Gasteiger charge is 2.22. The molecule has 1 fully saturated rings. The first kappa shape index (κ1) is 18.9. The van der Waals surface area contributed by atoms with Gasteiger partial charge in [0, 0.05) is 39.2 Å². The Morgan fingerprint density at radius 1 is 1.20 bits per heavy atom. The topological polar surface area (TPSA) is 66.9 Å². The van der Waals surface area contributed by atoms with Gasteiger partial charge >= 0.3 is 5.97 Å². The first-order valence-corrected chi connectivity index (χ1v) is 8.08. The van der Waals surface area contributed by atoms with Gasteiger partial charge in [0.15, 0.2) is 6.61 Å². The normalized spacial score (nSPS) is 14.7. The summed E-state index contributed by atoms with van der Waals surface area (Å²) in [7, 11) is 0. The van der Waals surface area contributed by atoms with Crippen molar-refractivity contribution in [1.29, 1.82) is 0 Å². The largest absolute Gasteiger partial charge is 0.452 e. The van der Waals surface area contributed by atoms with Gasteiger partial charge < -0.3 is 14.5 Å². The van der Waals surface area contributed by atoms with Gasteiger partial charge in [0.25, 0.3) is 5.91 Å². The third-order valence-corrected chi connectivity index (χ3v) is 4.06. The van der Waals surface area contributed by atoms with Crippen LogP contribution in [-0.2, 0) is 19.1 Å². The van der Waals surface area contributed by atoms with E-state index in [9.17, 15) is 18.8 Å². The van der Waals surface area contributed by atoms with Crippen molar-refractivity contribution in [3.05, 3.63) is 40.7 Å². The maximum atomic E-state index is 13.0. The summed E-state index contributed by atoms with van der Waals surface area (Å²) in [5, 5.41) is -0.0459. The Morgan fingerprint density at radius 2 is 1.84 bits per heavy atom. The Hall–Kier alpha value is -2.41. The van der Waals surface area contributed by atoms with Gasteiger partial charge in [0.1, 0.15) is 5.82 Å². The molecule has 1 aromatic carbocycles. The van der Waals surface area contributed by atoms with Gasteiger partial charge in [-0.05, 0) is 23.8 Å². The highest BCUT2D eigenvalue weighted by atomic mass is 35.5. The number of piperazine rings is 1. The molecule has 8 heteroatoms. The molecule has 25 heavy (non-hydrogen) atoms. The summed E-state index contributed by atoms with van der Waals surface area (Å²) in [6.45, 7) is 2.90. The Balaban J connectivity index is 1.77. The molecule has 6 nitrogen and oxygen atoms in total. The number of halogens is 2. The molecule has 0 atom stereocenters. The van der Waals surface area contributed by atoms with Crippen LogP contribution in [0.2, 0.25) is 5.02 Å². The third-order valence-electron chi connectivity index (χ3n) is 3.77. The van der Waals surface area contributed by atoms with E-state index in [1.54, 1.807) is 9.80 Å². The molecule has 2 amide bonds. The van der Waals surface area contributed by atoms with Crippen LogP contribution in [0, 0.1) is 5.82 Å². The van der Waals surface area contributed by atoms with Crippen molar-refractivity contribution in [3.63, 3.8) is 0 Å². The minimum Gasteiger partial charge on any atom is -0.452 e. The summed E-state index contributed by atoms with van der Waals surface area (Å²) in [5.41, 5.74) is 0.537. The lowest BCUT2D eigenvalue weighted by atomic mass is 10.2. The van der Waals surface area contributed by atoms with Gasteiger partial charge in [-0.25, -0.2) is 9.18 Å². The molecule has 0 saturated carbocycles. The molecule has 1 aliphatic heterocycles. The predicted molar refractivity (Wildman–Crippen MR) is 90.2 cm³/mol. The van der Waals surface area contributed by atoms with E-state index in [0.717, 1.165) is 6.08 Å². The van der Waals surface area contributed by atoms with Gasteiger partial charge in [-0.2, -0.15) is 0 Å². The Morgan fingerprint density at radius 3 is 2.44 bits per heavy atom. The molecular formula is C17H18ClFN2O4. The fourth-order valence-electron chi connectivity index (χ4n) is 2.32. The maximum Gasteiger partial charge on any atom is 0.331 e. The second-order valence-corrected chi connectivity index (χ2v) is 5.91. The molecule has 1 aromatic rings. The molecule has 0 unspecified atom stereocenters. The average Bonchev–Trinajstić information content (AvgIpc) is 2.60. The summed E-state index contributed by atoms with van der Waals surface area (Å²) in [6.07, 6.45) is 2.56. The van der Waals surface area contributed by atoms with Crippen LogP contribution < -0.4 is 0 Å². The van der Waals surface area contributed by atoms with Crippen LogP contribution in [0.15, 0.2) is 24.3 Å². The van der Waals surface area contributed by atoms with E-state index in [2.05, 4.69) is 0 Å². The van der Waals surface area contributed by atoms with E-state index in [1.165, 1.54) is 31.2 Å². The summed E-state index contributed by atoms with van der Waals surface area (Å²) < 4.78 is 17.9. The zero-order valence-corrected chi connectivity index (χ0v) is 14.5. The van der Waals surface area contributed by atoms with Crippen LogP contribution in [0.1, 0.15) is 12.5 Å². The number of nitrogens with zero attached hydrogens (tertiary/aromatic N) is 2. The van der Waals surface area contributed by atoms with E-state index in [0.29, 0.717) is 31.7 Å². The van der Waals surface area contributed by atoms with Gasteiger partial charge in [-0.15, -0.1) is 0 Å². The molecule has 0 spiro atoms. The molecule has 0 N–H and O–H groups in total. The second-order valence-electron chi connectivity index (χ2n) is 5.50. The smallest absolute Gasteiger partial charge is 0.331 e. The lowest BCUT2D eigenvalue weighted by Crippen LogP contribution is -2.51. The van der Waals surface area contributed by atoms with Gasteiger partial charge in [-0.3, -0.25) is 9.59 Å². The molecule has 0 aliphatic carbocycles. The van der Waals surface area contributed by atoms with Gasteiger partial charge in [-0.1, -0.05) is 17.7 Å². The van der Waals surface area contributed by atoms with Crippen LogP contribution in [0.5, 0.6) is 0 Å². The highest BCUT2D eigenvalue weighted by molar-refractivity contribution is 6.30. The van der Waals surface area contributed by atoms with E-state index < -0.39 is 11.8 Å². The summed E-state index contributed by atoms with van der Waals surface area (Å²) in [5.74, 6) is -1.56. The molecule has 1 heterocycles. The van der Waals surface area contributed by atoms with Crippen LogP contribution in [-0.4, -0.2) is 60.4 Å². The first-order valence-electron chi connectivity index (χ1n) is 7.70. The monoisotopic (exact) mass is 368 g/mol. The molecule has 0 bridgehead atoms. The number of benzene rings is 1. The van der Waals surface area contributed by atoms with Crippen molar-refractivity contribution in [2.24, 2.45) is 0 Å². The predicted octanol–water partition coefficient (Wildman–Crippen LogP) is 1.73. The number of hydrogen-bond acceptors (Lipinski definition) is 4. The van der Waals surface area contributed by atoms with E-state index >= 15 is 0 Å². The van der Waals surface area contributed by atoms with Gasteiger partial charge in [0.2, 0.25) is 5.91 Å². The number of rotatable bonds is 4. The fourth-order valence-corrected chi connectivity index (χ4v) is 2.51.